The number of carbonyl (C=O) groups is 1. The Morgan fingerprint density at radius 2 is 1.79 bits per heavy atom. The molecule has 3 aromatic rings. The monoisotopic (exact) mass is 392 g/mol. The lowest BCUT2D eigenvalue weighted by Gasteiger charge is -2.17. The molecule has 152 valence electrons. The highest BCUT2D eigenvalue weighted by Crippen LogP contribution is 2.35. The fraction of sp³-hybridized carbons (Fsp3) is 0.292. The molecule has 0 saturated heterocycles. The van der Waals surface area contributed by atoms with E-state index in [0.717, 1.165) is 34.8 Å². The van der Waals surface area contributed by atoms with Crippen LogP contribution in [0.2, 0.25) is 0 Å². The van der Waals surface area contributed by atoms with Gasteiger partial charge in [0, 0.05) is 17.8 Å². The predicted molar refractivity (Wildman–Crippen MR) is 116 cm³/mol. The molecule has 1 heterocycles. The second kappa shape index (κ2) is 8.86. The first-order chi connectivity index (χ1) is 14.0. The molecule has 1 atom stereocenters. The SMILES string of the molecule is CCC(C)NC(=O)c1cc(-c2ccccc2)n(-c2cc(OC)ccc2OC)c1C. The van der Waals surface area contributed by atoms with Gasteiger partial charge in [0.2, 0.25) is 0 Å². The van der Waals surface area contributed by atoms with Gasteiger partial charge in [0.25, 0.3) is 5.91 Å². The normalized spacial score (nSPS) is 11.8. The zero-order valence-corrected chi connectivity index (χ0v) is 17.7. The third-order valence-corrected chi connectivity index (χ3v) is 5.18. The van der Waals surface area contributed by atoms with Gasteiger partial charge in [-0.15, -0.1) is 0 Å². The van der Waals surface area contributed by atoms with Crippen LogP contribution in [0.25, 0.3) is 16.9 Å². The summed E-state index contributed by atoms with van der Waals surface area (Å²) in [4.78, 5) is 13.0. The molecular weight excluding hydrogens is 364 g/mol. The molecule has 1 aromatic heterocycles. The molecule has 1 amide bonds. The maximum absolute atomic E-state index is 13.0. The first-order valence-electron chi connectivity index (χ1n) is 9.81. The number of aromatic nitrogens is 1. The van der Waals surface area contributed by atoms with Crippen molar-refractivity contribution in [2.24, 2.45) is 0 Å². The van der Waals surface area contributed by atoms with Crippen molar-refractivity contribution in [2.75, 3.05) is 14.2 Å². The standard InChI is InChI=1S/C24H28N2O3/c1-6-16(2)25-24(27)20-15-21(18-10-8-7-9-11-18)26(17(20)3)22-14-19(28-4)12-13-23(22)29-5/h7-16H,6H2,1-5H3,(H,25,27). The molecule has 0 spiro atoms. The maximum Gasteiger partial charge on any atom is 0.253 e. The number of ether oxygens (including phenoxy) is 2. The van der Waals surface area contributed by atoms with Crippen molar-refractivity contribution in [1.29, 1.82) is 0 Å². The van der Waals surface area contributed by atoms with Crippen LogP contribution in [-0.4, -0.2) is 30.7 Å². The quantitative estimate of drug-likeness (QED) is 0.616. The van der Waals surface area contributed by atoms with Gasteiger partial charge >= 0.3 is 0 Å². The van der Waals surface area contributed by atoms with E-state index in [1.807, 2.05) is 68.4 Å². The lowest BCUT2D eigenvalue weighted by molar-refractivity contribution is 0.0938. The molecule has 29 heavy (non-hydrogen) atoms. The number of amides is 1. The van der Waals surface area contributed by atoms with E-state index in [9.17, 15) is 4.79 Å². The van der Waals surface area contributed by atoms with E-state index in [1.54, 1.807) is 14.2 Å². The summed E-state index contributed by atoms with van der Waals surface area (Å²) in [6.07, 6.45) is 0.876. The van der Waals surface area contributed by atoms with E-state index >= 15 is 0 Å². The number of rotatable bonds is 7. The van der Waals surface area contributed by atoms with Crippen LogP contribution in [0.3, 0.4) is 0 Å². The number of hydrogen-bond acceptors (Lipinski definition) is 3. The van der Waals surface area contributed by atoms with Crippen molar-refractivity contribution in [3.8, 4) is 28.4 Å². The molecule has 1 unspecified atom stereocenters. The van der Waals surface area contributed by atoms with Crippen LogP contribution in [0.1, 0.15) is 36.3 Å². The van der Waals surface area contributed by atoms with Gasteiger partial charge in [-0.3, -0.25) is 4.79 Å². The molecule has 0 aliphatic heterocycles. The molecule has 5 heteroatoms. The topological polar surface area (TPSA) is 52.5 Å². The van der Waals surface area contributed by atoms with E-state index in [1.165, 1.54) is 0 Å². The second-order valence-electron chi connectivity index (χ2n) is 7.05. The summed E-state index contributed by atoms with van der Waals surface area (Å²) in [5.41, 5.74) is 4.25. The lowest BCUT2D eigenvalue weighted by atomic mass is 10.1. The molecule has 1 N–H and O–H groups in total. The fourth-order valence-corrected chi connectivity index (χ4v) is 3.34. The van der Waals surface area contributed by atoms with Crippen LogP contribution in [0.4, 0.5) is 0 Å². The van der Waals surface area contributed by atoms with Crippen LogP contribution >= 0.6 is 0 Å². The summed E-state index contributed by atoms with van der Waals surface area (Å²) < 4.78 is 13.1. The molecule has 0 aliphatic carbocycles. The highest BCUT2D eigenvalue weighted by atomic mass is 16.5. The zero-order chi connectivity index (χ0) is 21.0. The Labute approximate surface area is 172 Å². The smallest absolute Gasteiger partial charge is 0.253 e. The Morgan fingerprint density at radius 1 is 1.07 bits per heavy atom. The van der Waals surface area contributed by atoms with Crippen molar-refractivity contribution < 1.29 is 14.3 Å². The van der Waals surface area contributed by atoms with Crippen molar-refractivity contribution in [3.63, 3.8) is 0 Å². The molecule has 0 saturated carbocycles. The number of benzene rings is 2. The lowest BCUT2D eigenvalue weighted by Crippen LogP contribution is -2.32. The average Bonchev–Trinajstić information content (AvgIpc) is 3.10. The Balaban J connectivity index is 2.24. The Morgan fingerprint density at radius 3 is 2.41 bits per heavy atom. The van der Waals surface area contributed by atoms with Crippen molar-refractivity contribution in [1.82, 2.24) is 9.88 Å². The Bertz CT molecular complexity index is 993. The fourth-order valence-electron chi connectivity index (χ4n) is 3.34. The summed E-state index contributed by atoms with van der Waals surface area (Å²) in [5.74, 6) is 1.35. The summed E-state index contributed by atoms with van der Waals surface area (Å²) >= 11 is 0. The average molecular weight is 392 g/mol. The van der Waals surface area contributed by atoms with E-state index < -0.39 is 0 Å². The van der Waals surface area contributed by atoms with Crippen LogP contribution in [-0.2, 0) is 0 Å². The van der Waals surface area contributed by atoms with Crippen molar-refractivity contribution in [3.05, 3.63) is 65.9 Å². The van der Waals surface area contributed by atoms with E-state index in [-0.39, 0.29) is 11.9 Å². The van der Waals surface area contributed by atoms with Gasteiger partial charge in [-0.25, -0.2) is 0 Å². The molecule has 0 aliphatic rings. The third-order valence-electron chi connectivity index (χ3n) is 5.18. The van der Waals surface area contributed by atoms with Gasteiger partial charge < -0.3 is 19.4 Å². The Kier molecular flexibility index (Phi) is 6.27. The van der Waals surface area contributed by atoms with E-state index in [0.29, 0.717) is 11.3 Å². The Hall–Kier alpha value is -3.21. The first kappa shape index (κ1) is 20.5. The summed E-state index contributed by atoms with van der Waals surface area (Å²) in [7, 11) is 3.28. The minimum atomic E-state index is -0.0744. The van der Waals surface area contributed by atoms with Gasteiger partial charge in [0.1, 0.15) is 11.5 Å². The van der Waals surface area contributed by atoms with Crippen LogP contribution in [0.15, 0.2) is 54.6 Å². The number of carbonyl (C=O) groups excluding carboxylic acids is 1. The van der Waals surface area contributed by atoms with E-state index in [4.69, 9.17) is 9.47 Å². The number of hydrogen-bond donors (Lipinski definition) is 1. The largest absolute Gasteiger partial charge is 0.497 e. The van der Waals surface area contributed by atoms with Gasteiger partial charge in [0.05, 0.1) is 31.2 Å². The third kappa shape index (κ3) is 4.14. The molecule has 5 nitrogen and oxygen atoms in total. The van der Waals surface area contributed by atoms with Crippen molar-refractivity contribution in [2.45, 2.75) is 33.2 Å². The van der Waals surface area contributed by atoms with Crippen molar-refractivity contribution >= 4 is 5.91 Å². The maximum atomic E-state index is 13.0. The predicted octanol–water partition coefficient (Wildman–Crippen LogP) is 5.00. The van der Waals surface area contributed by atoms with Gasteiger partial charge in [-0.05, 0) is 44.0 Å². The van der Waals surface area contributed by atoms with Gasteiger partial charge in [0.15, 0.2) is 0 Å². The number of methoxy groups -OCH3 is 2. The minimum absolute atomic E-state index is 0.0744. The highest BCUT2D eigenvalue weighted by Gasteiger charge is 2.22. The molecule has 0 bridgehead atoms. The summed E-state index contributed by atoms with van der Waals surface area (Å²) in [5, 5.41) is 3.07. The molecule has 0 fully saturated rings. The summed E-state index contributed by atoms with van der Waals surface area (Å²) in [6, 6.07) is 17.7. The van der Waals surface area contributed by atoms with Gasteiger partial charge in [-0.1, -0.05) is 37.3 Å². The number of nitrogens with one attached hydrogen (secondary N) is 1. The minimum Gasteiger partial charge on any atom is -0.497 e. The highest BCUT2D eigenvalue weighted by molar-refractivity contribution is 5.97. The van der Waals surface area contributed by atoms with Crippen LogP contribution in [0.5, 0.6) is 11.5 Å². The number of nitrogens with zero attached hydrogens (tertiary/aromatic N) is 1. The van der Waals surface area contributed by atoms with E-state index in [2.05, 4.69) is 16.8 Å². The molecule has 0 radical (unpaired) electrons. The second-order valence-corrected chi connectivity index (χ2v) is 7.05. The van der Waals surface area contributed by atoms with Gasteiger partial charge in [-0.2, -0.15) is 0 Å². The van der Waals surface area contributed by atoms with Crippen LogP contribution in [0, 0.1) is 6.92 Å². The van der Waals surface area contributed by atoms with Crippen LogP contribution < -0.4 is 14.8 Å². The molecule has 3 rings (SSSR count). The molecule has 2 aromatic carbocycles. The summed E-state index contributed by atoms with van der Waals surface area (Å²) in [6.45, 7) is 6.02. The molecular formula is C24H28N2O3. The first-order valence-corrected chi connectivity index (χ1v) is 9.81. The zero-order valence-electron chi connectivity index (χ0n) is 17.7.